The van der Waals surface area contributed by atoms with Crippen molar-refractivity contribution >= 4 is 29.5 Å². The molecule has 0 aliphatic carbocycles. The third-order valence-electron chi connectivity index (χ3n) is 7.23. The number of alkyl carbamates (subject to hydrolysis) is 1. The standard InChI is InChI=1S/C37H45N3O6/c1-26(2)20-32(38-37(45)46-25-30-18-12-7-13-19-30)33(41)23-31(21-28-14-8-5-9-15-28)35(43)39-40(24-27(3)4)36(44)34(42)22-29-16-10-6-11-17-29/h5-19,26-27,31-32H,20-25H2,1-4H3,(H,38,45)(H,39,43)/t31-,32+/m1/s1. The van der Waals surface area contributed by atoms with E-state index in [4.69, 9.17) is 4.74 Å². The van der Waals surface area contributed by atoms with Gasteiger partial charge in [0.25, 0.3) is 0 Å². The highest BCUT2D eigenvalue weighted by Gasteiger charge is 2.32. The van der Waals surface area contributed by atoms with Crippen LogP contribution in [0.15, 0.2) is 91.0 Å². The monoisotopic (exact) mass is 627 g/mol. The summed E-state index contributed by atoms with van der Waals surface area (Å²) in [7, 11) is 0. The first-order valence-corrected chi connectivity index (χ1v) is 15.7. The number of carbonyl (C=O) groups is 5. The van der Waals surface area contributed by atoms with E-state index in [-0.39, 0.29) is 50.0 Å². The number of nitrogens with one attached hydrogen (secondary N) is 2. The van der Waals surface area contributed by atoms with E-state index < -0.39 is 35.7 Å². The van der Waals surface area contributed by atoms with Crippen molar-refractivity contribution < 1.29 is 28.7 Å². The minimum absolute atomic E-state index is 0.0514. The molecule has 0 aliphatic heterocycles. The van der Waals surface area contributed by atoms with E-state index in [1.165, 1.54) is 0 Å². The normalized spacial score (nSPS) is 12.2. The lowest BCUT2D eigenvalue weighted by atomic mass is 9.89. The van der Waals surface area contributed by atoms with Gasteiger partial charge in [-0.25, -0.2) is 9.80 Å². The fraction of sp³-hybridized carbons (Fsp3) is 0.378. The maximum Gasteiger partial charge on any atom is 0.408 e. The topological polar surface area (TPSA) is 122 Å². The number of Topliss-reactive ketones (excluding diaryl/α,β-unsaturated/α-hetero) is 2. The summed E-state index contributed by atoms with van der Waals surface area (Å²) in [6.45, 7) is 7.79. The molecule has 9 nitrogen and oxygen atoms in total. The number of nitrogens with zero attached hydrogens (tertiary/aromatic N) is 1. The van der Waals surface area contributed by atoms with Crippen LogP contribution in [0.5, 0.6) is 0 Å². The molecule has 2 N–H and O–H groups in total. The van der Waals surface area contributed by atoms with Gasteiger partial charge in [0.2, 0.25) is 11.7 Å². The van der Waals surface area contributed by atoms with Gasteiger partial charge in [0, 0.05) is 19.4 Å². The molecule has 0 unspecified atom stereocenters. The molecule has 0 saturated carbocycles. The molecule has 0 spiro atoms. The molecule has 244 valence electrons. The summed E-state index contributed by atoms with van der Waals surface area (Å²) in [5.41, 5.74) is 4.99. The number of amides is 3. The predicted octanol–water partition coefficient (Wildman–Crippen LogP) is 5.47. The molecule has 3 rings (SSSR count). The Morgan fingerprint density at radius 1 is 0.717 bits per heavy atom. The second-order valence-corrected chi connectivity index (χ2v) is 12.3. The summed E-state index contributed by atoms with van der Waals surface area (Å²) in [6.07, 6.45) is -0.451. The lowest BCUT2D eigenvalue weighted by Gasteiger charge is -2.28. The van der Waals surface area contributed by atoms with Crippen LogP contribution < -0.4 is 10.7 Å². The molecule has 3 aromatic carbocycles. The lowest BCUT2D eigenvalue weighted by Crippen LogP contribution is -2.53. The summed E-state index contributed by atoms with van der Waals surface area (Å²) in [5, 5.41) is 3.76. The van der Waals surface area contributed by atoms with Gasteiger partial charge in [-0.05, 0) is 41.4 Å². The average molecular weight is 628 g/mol. The summed E-state index contributed by atoms with van der Waals surface area (Å²) < 4.78 is 5.36. The zero-order chi connectivity index (χ0) is 33.5. The Morgan fingerprint density at radius 3 is 1.80 bits per heavy atom. The molecule has 0 aliphatic rings. The Morgan fingerprint density at radius 2 is 1.26 bits per heavy atom. The average Bonchev–Trinajstić information content (AvgIpc) is 3.03. The van der Waals surface area contributed by atoms with Gasteiger partial charge in [0.15, 0.2) is 5.78 Å². The van der Waals surface area contributed by atoms with Gasteiger partial charge in [-0.2, -0.15) is 0 Å². The Balaban J connectivity index is 1.76. The Labute approximate surface area is 271 Å². The van der Waals surface area contributed by atoms with Gasteiger partial charge in [-0.3, -0.25) is 24.6 Å². The van der Waals surface area contributed by atoms with Gasteiger partial charge in [-0.15, -0.1) is 0 Å². The number of ketones is 2. The molecular weight excluding hydrogens is 582 g/mol. The van der Waals surface area contributed by atoms with Crippen molar-refractivity contribution in [3.05, 3.63) is 108 Å². The molecule has 3 amide bonds. The maximum absolute atomic E-state index is 13.8. The van der Waals surface area contributed by atoms with Gasteiger partial charge in [0.05, 0.1) is 12.0 Å². The first-order chi connectivity index (χ1) is 22.0. The fourth-order valence-corrected chi connectivity index (χ4v) is 4.97. The number of hydrogen-bond donors (Lipinski definition) is 2. The minimum atomic E-state index is -0.879. The molecule has 0 saturated heterocycles. The van der Waals surface area contributed by atoms with E-state index in [1.54, 1.807) is 24.3 Å². The highest BCUT2D eigenvalue weighted by molar-refractivity contribution is 6.36. The van der Waals surface area contributed by atoms with Gasteiger partial charge in [0.1, 0.15) is 6.61 Å². The van der Waals surface area contributed by atoms with Crippen LogP contribution in [0.2, 0.25) is 0 Å². The molecule has 9 heteroatoms. The summed E-state index contributed by atoms with van der Waals surface area (Å²) in [6, 6.07) is 26.5. The molecule has 0 heterocycles. The van der Waals surface area contributed by atoms with Gasteiger partial charge >= 0.3 is 12.0 Å². The number of ether oxygens (including phenoxy) is 1. The fourth-order valence-electron chi connectivity index (χ4n) is 4.97. The van der Waals surface area contributed by atoms with Crippen molar-refractivity contribution in [3.8, 4) is 0 Å². The van der Waals surface area contributed by atoms with Crippen LogP contribution in [-0.2, 0) is 43.4 Å². The number of rotatable bonds is 16. The third-order valence-corrected chi connectivity index (χ3v) is 7.23. The van der Waals surface area contributed by atoms with E-state index in [2.05, 4.69) is 10.7 Å². The molecule has 2 atom stereocenters. The van der Waals surface area contributed by atoms with E-state index in [1.807, 2.05) is 94.4 Å². The Hall–Kier alpha value is -4.79. The molecular formula is C37H45N3O6. The predicted molar refractivity (Wildman–Crippen MR) is 176 cm³/mol. The second-order valence-electron chi connectivity index (χ2n) is 12.3. The van der Waals surface area contributed by atoms with Crippen molar-refractivity contribution in [2.75, 3.05) is 6.54 Å². The van der Waals surface area contributed by atoms with Crippen LogP contribution in [0.25, 0.3) is 0 Å². The van der Waals surface area contributed by atoms with Crippen molar-refractivity contribution in [1.82, 2.24) is 15.8 Å². The van der Waals surface area contributed by atoms with Crippen molar-refractivity contribution in [3.63, 3.8) is 0 Å². The van der Waals surface area contributed by atoms with Crippen molar-refractivity contribution in [1.29, 1.82) is 0 Å². The Kier molecular flexibility index (Phi) is 14.2. The second kappa shape index (κ2) is 18.2. The van der Waals surface area contributed by atoms with Crippen LogP contribution in [0, 0.1) is 17.8 Å². The molecule has 0 aromatic heterocycles. The number of hydrazine groups is 1. The molecule has 46 heavy (non-hydrogen) atoms. The molecule has 0 bridgehead atoms. The van der Waals surface area contributed by atoms with Gasteiger partial charge in [-0.1, -0.05) is 119 Å². The van der Waals surface area contributed by atoms with E-state index in [0.717, 1.165) is 16.1 Å². The molecule has 3 aromatic rings. The van der Waals surface area contributed by atoms with Crippen LogP contribution >= 0.6 is 0 Å². The van der Waals surface area contributed by atoms with E-state index in [9.17, 15) is 24.0 Å². The molecule has 0 fully saturated rings. The highest BCUT2D eigenvalue weighted by atomic mass is 16.5. The number of benzene rings is 3. The summed E-state index contributed by atoms with van der Waals surface area (Å²) >= 11 is 0. The first kappa shape index (κ1) is 35.7. The summed E-state index contributed by atoms with van der Waals surface area (Å²) in [5.74, 6) is -3.23. The quantitative estimate of drug-likeness (QED) is 0.160. The molecule has 0 radical (unpaired) electrons. The summed E-state index contributed by atoms with van der Waals surface area (Å²) in [4.78, 5) is 66.4. The third kappa shape index (κ3) is 12.3. The SMILES string of the molecule is CC(C)C[C@H](NC(=O)OCc1ccccc1)C(=O)C[C@@H](Cc1ccccc1)C(=O)NN(CC(C)C)C(=O)C(=O)Cc1ccccc1. The number of hydrogen-bond acceptors (Lipinski definition) is 6. The van der Waals surface area contributed by atoms with E-state index >= 15 is 0 Å². The minimum Gasteiger partial charge on any atom is -0.445 e. The lowest BCUT2D eigenvalue weighted by molar-refractivity contribution is -0.151. The van der Waals surface area contributed by atoms with Crippen LogP contribution in [0.3, 0.4) is 0 Å². The highest BCUT2D eigenvalue weighted by Crippen LogP contribution is 2.18. The van der Waals surface area contributed by atoms with Crippen LogP contribution in [0.1, 0.15) is 57.2 Å². The van der Waals surface area contributed by atoms with Crippen LogP contribution in [-0.4, -0.2) is 47.1 Å². The number of carbonyl (C=O) groups excluding carboxylic acids is 5. The van der Waals surface area contributed by atoms with Crippen LogP contribution in [0.4, 0.5) is 4.79 Å². The zero-order valence-corrected chi connectivity index (χ0v) is 27.1. The Bertz CT molecular complexity index is 1430. The smallest absolute Gasteiger partial charge is 0.408 e. The van der Waals surface area contributed by atoms with Crippen molar-refractivity contribution in [2.45, 2.75) is 66.0 Å². The first-order valence-electron chi connectivity index (χ1n) is 15.7. The largest absolute Gasteiger partial charge is 0.445 e. The van der Waals surface area contributed by atoms with E-state index in [0.29, 0.717) is 12.0 Å². The maximum atomic E-state index is 13.8. The van der Waals surface area contributed by atoms with Gasteiger partial charge < -0.3 is 10.1 Å². The van der Waals surface area contributed by atoms with Crippen molar-refractivity contribution in [2.24, 2.45) is 17.8 Å². The zero-order valence-electron chi connectivity index (χ0n) is 27.1.